The number of nitrogens with zero attached hydrogens (tertiary/aromatic N) is 3. The zero-order chi connectivity index (χ0) is 11.7. The second-order valence-electron chi connectivity index (χ2n) is 3.21. The van der Waals surface area contributed by atoms with Crippen LogP contribution in [0.25, 0.3) is 22.2 Å². The fourth-order valence-electron chi connectivity index (χ4n) is 1.39. The van der Waals surface area contributed by atoms with Crippen LogP contribution in [0.5, 0.6) is 0 Å². The highest BCUT2D eigenvalue weighted by molar-refractivity contribution is 7.13. The number of aromatic nitrogens is 2. The molecule has 0 N–H and O–H groups in total. The van der Waals surface area contributed by atoms with E-state index in [4.69, 9.17) is 14.2 Å². The standard InChI is InChI=1S/C11H5N3O2S/c12-5-7-2-4-17-9(7)11-13-10(14-16-11)8-1-3-15-6-8/h1-4,6H. The van der Waals surface area contributed by atoms with Gasteiger partial charge < -0.3 is 8.94 Å². The van der Waals surface area contributed by atoms with Gasteiger partial charge in [-0.2, -0.15) is 10.2 Å². The molecule has 0 atom stereocenters. The summed E-state index contributed by atoms with van der Waals surface area (Å²) in [6.07, 6.45) is 3.07. The van der Waals surface area contributed by atoms with Gasteiger partial charge in [0.25, 0.3) is 5.89 Å². The van der Waals surface area contributed by atoms with E-state index in [1.165, 1.54) is 23.9 Å². The van der Waals surface area contributed by atoms with Gasteiger partial charge in [0, 0.05) is 0 Å². The van der Waals surface area contributed by atoms with Crippen molar-refractivity contribution in [2.24, 2.45) is 0 Å². The van der Waals surface area contributed by atoms with E-state index in [1.807, 2.05) is 5.38 Å². The van der Waals surface area contributed by atoms with E-state index in [-0.39, 0.29) is 0 Å². The molecule has 3 rings (SSSR count). The van der Waals surface area contributed by atoms with Crippen LogP contribution in [-0.4, -0.2) is 10.1 Å². The van der Waals surface area contributed by atoms with E-state index in [1.54, 1.807) is 12.1 Å². The van der Waals surface area contributed by atoms with Gasteiger partial charge in [0.1, 0.15) is 17.2 Å². The lowest BCUT2D eigenvalue weighted by Crippen LogP contribution is -1.78. The third-order valence-corrected chi connectivity index (χ3v) is 3.09. The number of nitriles is 1. The Morgan fingerprint density at radius 1 is 1.35 bits per heavy atom. The molecule has 0 aliphatic heterocycles. The molecule has 82 valence electrons. The van der Waals surface area contributed by atoms with Gasteiger partial charge in [0.2, 0.25) is 5.82 Å². The van der Waals surface area contributed by atoms with Crippen molar-refractivity contribution in [2.45, 2.75) is 0 Å². The SMILES string of the molecule is N#Cc1ccsc1-c1nc(-c2ccoc2)no1. The van der Waals surface area contributed by atoms with Crippen LogP contribution in [0.4, 0.5) is 0 Å². The quantitative estimate of drug-likeness (QED) is 0.691. The molecule has 0 bridgehead atoms. The Morgan fingerprint density at radius 3 is 3.06 bits per heavy atom. The first-order valence-electron chi connectivity index (χ1n) is 4.73. The molecule has 0 unspecified atom stereocenters. The Bertz CT molecular complexity index is 676. The molecule has 0 radical (unpaired) electrons. The molecule has 0 saturated carbocycles. The van der Waals surface area contributed by atoms with Crippen LogP contribution in [0.2, 0.25) is 0 Å². The largest absolute Gasteiger partial charge is 0.472 e. The number of rotatable bonds is 2. The molecule has 0 amide bonds. The maximum absolute atomic E-state index is 8.91. The first-order chi connectivity index (χ1) is 8.38. The van der Waals surface area contributed by atoms with Gasteiger partial charge in [-0.05, 0) is 17.5 Å². The predicted molar refractivity (Wildman–Crippen MR) is 60.0 cm³/mol. The number of hydrogen-bond donors (Lipinski definition) is 0. The van der Waals surface area contributed by atoms with E-state index in [9.17, 15) is 0 Å². The van der Waals surface area contributed by atoms with Crippen LogP contribution in [0.1, 0.15) is 5.56 Å². The highest BCUT2D eigenvalue weighted by atomic mass is 32.1. The minimum atomic E-state index is 0.354. The fraction of sp³-hybridized carbons (Fsp3) is 0. The summed E-state index contributed by atoms with van der Waals surface area (Å²) >= 11 is 1.40. The topological polar surface area (TPSA) is 75.8 Å². The zero-order valence-electron chi connectivity index (χ0n) is 8.45. The Kier molecular flexibility index (Phi) is 2.24. The molecule has 0 spiro atoms. The monoisotopic (exact) mass is 243 g/mol. The molecule has 0 aliphatic carbocycles. The van der Waals surface area contributed by atoms with Crippen molar-refractivity contribution in [2.75, 3.05) is 0 Å². The van der Waals surface area contributed by atoms with Crippen molar-refractivity contribution in [3.63, 3.8) is 0 Å². The van der Waals surface area contributed by atoms with Gasteiger partial charge in [-0.1, -0.05) is 5.16 Å². The second kappa shape index (κ2) is 3.88. The lowest BCUT2D eigenvalue weighted by molar-refractivity contribution is 0.433. The van der Waals surface area contributed by atoms with E-state index in [0.29, 0.717) is 22.2 Å². The maximum atomic E-state index is 8.91. The summed E-state index contributed by atoms with van der Waals surface area (Å²) in [6, 6.07) is 5.55. The molecule has 3 aromatic rings. The summed E-state index contributed by atoms with van der Waals surface area (Å²) in [5.41, 5.74) is 1.28. The van der Waals surface area contributed by atoms with Crippen molar-refractivity contribution in [1.29, 1.82) is 5.26 Å². The van der Waals surface area contributed by atoms with Crippen molar-refractivity contribution in [3.8, 4) is 28.2 Å². The molecule has 5 nitrogen and oxygen atoms in total. The van der Waals surface area contributed by atoms with Gasteiger partial charge in [-0.25, -0.2) is 0 Å². The van der Waals surface area contributed by atoms with Crippen LogP contribution in [-0.2, 0) is 0 Å². The Morgan fingerprint density at radius 2 is 2.29 bits per heavy atom. The third kappa shape index (κ3) is 1.62. The Labute approximate surface area is 99.9 Å². The maximum Gasteiger partial charge on any atom is 0.269 e. The summed E-state index contributed by atoms with van der Waals surface area (Å²) in [7, 11) is 0. The number of hydrogen-bond acceptors (Lipinski definition) is 6. The minimum absolute atomic E-state index is 0.354. The van der Waals surface area contributed by atoms with E-state index in [0.717, 1.165) is 5.56 Å². The number of furan rings is 1. The summed E-state index contributed by atoms with van der Waals surface area (Å²) < 4.78 is 10.1. The van der Waals surface area contributed by atoms with Crippen molar-refractivity contribution in [1.82, 2.24) is 10.1 Å². The molecule has 3 heterocycles. The van der Waals surface area contributed by atoms with E-state index < -0.39 is 0 Å². The van der Waals surface area contributed by atoms with Crippen LogP contribution in [0, 0.1) is 11.3 Å². The molecular weight excluding hydrogens is 238 g/mol. The summed E-state index contributed by atoms with van der Waals surface area (Å²) in [4.78, 5) is 4.91. The van der Waals surface area contributed by atoms with Gasteiger partial charge in [-0.15, -0.1) is 11.3 Å². The summed E-state index contributed by atoms with van der Waals surface area (Å²) in [5, 5.41) is 14.6. The molecule has 0 saturated heterocycles. The molecule has 3 aromatic heterocycles. The fourth-order valence-corrected chi connectivity index (χ4v) is 2.15. The smallest absolute Gasteiger partial charge is 0.269 e. The van der Waals surface area contributed by atoms with Crippen LogP contribution < -0.4 is 0 Å². The molecule has 0 fully saturated rings. The van der Waals surface area contributed by atoms with Crippen LogP contribution in [0.15, 0.2) is 39.0 Å². The van der Waals surface area contributed by atoms with Crippen molar-refractivity contribution in [3.05, 3.63) is 35.6 Å². The predicted octanol–water partition coefficient (Wildman–Crippen LogP) is 2.93. The highest BCUT2D eigenvalue weighted by Crippen LogP contribution is 2.29. The van der Waals surface area contributed by atoms with Crippen LogP contribution in [0.3, 0.4) is 0 Å². The Hall–Kier alpha value is -2.39. The van der Waals surface area contributed by atoms with Gasteiger partial charge in [-0.3, -0.25) is 0 Å². The lowest BCUT2D eigenvalue weighted by atomic mass is 10.3. The Balaban J connectivity index is 2.04. The molecule has 17 heavy (non-hydrogen) atoms. The van der Waals surface area contributed by atoms with Crippen molar-refractivity contribution < 1.29 is 8.94 Å². The average Bonchev–Trinajstić information content (AvgIpc) is 3.09. The van der Waals surface area contributed by atoms with Gasteiger partial charge in [0.15, 0.2) is 0 Å². The van der Waals surface area contributed by atoms with Gasteiger partial charge >= 0.3 is 0 Å². The first-order valence-corrected chi connectivity index (χ1v) is 5.60. The first kappa shape index (κ1) is 9.81. The van der Waals surface area contributed by atoms with Crippen molar-refractivity contribution >= 4 is 11.3 Å². The van der Waals surface area contributed by atoms with Crippen LogP contribution >= 0.6 is 11.3 Å². The molecule has 0 aromatic carbocycles. The second-order valence-corrected chi connectivity index (χ2v) is 4.13. The average molecular weight is 243 g/mol. The minimum Gasteiger partial charge on any atom is -0.472 e. The molecular formula is C11H5N3O2S. The normalized spacial score (nSPS) is 10.3. The molecule has 0 aliphatic rings. The number of thiophene rings is 1. The van der Waals surface area contributed by atoms with E-state index >= 15 is 0 Å². The highest BCUT2D eigenvalue weighted by Gasteiger charge is 2.15. The lowest BCUT2D eigenvalue weighted by Gasteiger charge is -1.86. The summed E-state index contributed by atoms with van der Waals surface area (Å²) in [6.45, 7) is 0. The van der Waals surface area contributed by atoms with E-state index in [2.05, 4.69) is 16.2 Å². The molecule has 6 heteroatoms. The summed E-state index contributed by atoms with van der Waals surface area (Å²) in [5.74, 6) is 0.804. The zero-order valence-corrected chi connectivity index (χ0v) is 9.27. The third-order valence-electron chi connectivity index (χ3n) is 2.19. The van der Waals surface area contributed by atoms with Gasteiger partial charge in [0.05, 0.1) is 17.4 Å².